The molecule has 1 amide bonds. The maximum absolute atomic E-state index is 12.8. The molecule has 4 rings (SSSR count). The number of nitrogens with zero attached hydrogens (tertiary/aromatic N) is 7. The third-order valence-electron chi connectivity index (χ3n) is 5.21. The van der Waals surface area contributed by atoms with Crippen molar-refractivity contribution in [2.45, 2.75) is 39.0 Å². The molecular formula is C20H21F3N8O2. The molecule has 2 aromatic heterocycles. The molecule has 1 aromatic carbocycles. The Kier molecular flexibility index (Phi) is 5.87. The van der Waals surface area contributed by atoms with Gasteiger partial charge in [0, 0.05) is 0 Å². The lowest BCUT2D eigenvalue weighted by Crippen LogP contribution is -2.38. The number of hydrogen-bond acceptors (Lipinski definition) is 8. The van der Waals surface area contributed by atoms with Crippen LogP contribution in [0.15, 0.2) is 36.8 Å². The molecule has 1 N–H and O–H groups in total. The first-order valence-electron chi connectivity index (χ1n) is 10.1. The first-order chi connectivity index (χ1) is 15.6. The highest BCUT2D eigenvalue weighted by Crippen LogP contribution is 2.30. The number of aromatic nitrogens is 6. The summed E-state index contributed by atoms with van der Waals surface area (Å²) in [7, 11) is 0. The highest BCUT2D eigenvalue weighted by Gasteiger charge is 2.38. The van der Waals surface area contributed by atoms with E-state index in [2.05, 4.69) is 30.6 Å². The maximum Gasteiger partial charge on any atom is 0.417 e. The summed E-state index contributed by atoms with van der Waals surface area (Å²) in [5, 5.41) is 11.1. The lowest BCUT2D eigenvalue weighted by atomic mass is 10.1. The average Bonchev–Trinajstić information content (AvgIpc) is 3.41. The second-order valence-electron chi connectivity index (χ2n) is 7.87. The Bertz CT molecular complexity index is 1130. The Morgan fingerprint density at radius 1 is 1.15 bits per heavy atom. The summed E-state index contributed by atoms with van der Waals surface area (Å²) in [5.41, 5.74) is 0.204. The van der Waals surface area contributed by atoms with Crippen molar-refractivity contribution < 1.29 is 22.7 Å². The minimum absolute atomic E-state index is 0.142. The number of rotatable bonds is 6. The third-order valence-corrected chi connectivity index (χ3v) is 5.21. The molecule has 10 nitrogen and oxygen atoms in total. The highest BCUT2D eigenvalue weighted by molar-refractivity contribution is 5.88. The zero-order chi connectivity index (χ0) is 23.8. The molecule has 3 aromatic rings. The Balaban J connectivity index is 1.48. The first kappa shape index (κ1) is 22.4. The van der Waals surface area contributed by atoms with E-state index in [1.54, 1.807) is 13.1 Å². The second kappa shape index (κ2) is 8.64. The normalized spacial score (nSPS) is 17.4. The number of anilines is 2. The number of halogens is 3. The second-order valence-corrected chi connectivity index (χ2v) is 7.87. The van der Waals surface area contributed by atoms with Gasteiger partial charge in [0.1, 0.15) is 18.6 Å². The molecule has 13 heteroatoms. The fraction of sp³-hybridized carbons (Fsp3) is 0.400. The fourth-order valence-electron chi connectivity index (χ4n) is 3.30. The molecule has 2 atom stereocenters. The van der Waals surface area contributed by atoms with Crippen molar-refractivity contribution in [2.24, 2.45) is 5.92 Å². The Hall–Kier alpha value is -3.77. The van der Waals surface area contributed by atoms with Crippen LogP contribution in [0, 0.1) is 5.92 Å². The van der Waals surface area contributed by atoms with Gasteiger partial charge in [-0.3, -0.25) is 0 Å². The fourth-order valence-corrected chi connectivity index (χ4v) is 3.30. The Morgan fingerprint density at radius 3 is 2.55 bits per heavy atom. The molecule has 1 aliphatic rings. The number of alkyl halides is 3. The van der Waals surface area contributed by atoms with Crippen LogP contribution in [0.1, 0.15) is 38.1 Å². The van der Waals surface area contributed by atoms with Gasteiger partial charge in [-0.2, -0.15) is 18.2 Å². The van der Waals surface area contributed by atoms with E-state index in [1.165, 1.54) is 28.0 Å². The van der Waals surface area contributed by atoms with Crippen LogP contribution in [-0.2, 0) is 10.9 Å². The predicted octanol–water partition coefficient (Wildman–Crippen LogP) is 3.63. The van der Waals surface area contributed by atoms with E-state index in [0.717, 1.165) is 12.1 Å². The minimum atomic E-state index is -4.41. The summed E-state index contributed by atoms with van der Waals surface area (Å²) >= 11 is 0. The number of ether oxygens (including phenoxy) is 1. The molecule has 0 aliphatic carbocycles. The summed E-state index contributed by atoms with van der Waals surface area (Å²) < 4.78 is 44.8. The standard InChI is InChI=1S/C20H21F3N8O2/c1-11(2)16-9-33-19(32)31(16)18-25-10-24-17(27-18)26-12(3)15-8-30(29-28-15)14-6-4-13(5-7-14)20(21,22)23/h4-8,10-12,16H,9H2,1-3H3,(H,24,25,26,27)/t12-,16+/m0/s1. The minimum Gasteiger partial charge on any atom is -0.447 e. The molecule has 1 aliphatic heterocycles. The van der Waals surface area contributed by atoms with Gasteiger partial charge in [0.05, 0.1) is 29.5 Å². The number of hydrogen-bond donors (Lipinski definition) is 1. The molecule has 1 saturated heterocycles. The van der Waals surface area contributed by atoms with E-state index >= 15 is 0 Å². The quantitative estimate of drug-likeness (QED) is 0.591. The van der Waals surface area contributed by atoms with E-state index in [0.29, 0.717) is 11.4 Å². The number of nitrogens with one attached hydrogen (secondary N) is 1. The molecule has 0 spiro atoms. The van der Waals surface area contributed by atoms with Crippen molar-refractivity contribution in [3.05, 3.63) is 48.0 Å². The van der Waals surface area contributed by atoms with Crippen molar-refractivity contribution >= 4 is 18.0 Å². The summed E-state index contributed by atoms with van der Waals surface area (Å²) in [4.78, 5) is 26.1. The smallest absolute Gasteiger partial charge is 0.417 e. The van der Waals surface area contributed by atoms with Crippen LogP contribution in [0.5, 0.6) is 0 Å². The highest BCUT2D eigenvalue weighted by atomic mass is 19.4. The molecule has 0 saturated carbocycles. The molecular weight excluding hydrogens is 441 g/mol. The maximum atomic E-state index is 12.8. The molecule has 0 unspecified atom stereocenters. The van der Waals surface area contributed by atoms with Crippen LogP contribution in [-0.4, -0.2) is 48.7 Å². The summed E-state index contributed by atoms with van der Waals surface area (Å²) in [5.74, 6) is 0.539. The molecule has 3 heterocycles. The lowest BCUT2D eigenvalue weighted by molar-refractivity contribution is -0.137. The van der Waals surface area contributed by atoms with Gasteiger partial charge in [-0.1, -0.05) is 19.1 Å². The van der Waals surface area contributed by atoms with Crippen molar-refractivity contribution in [1.29, 1.82) is 0 Å². The van der Waals surface area contributed by atoms with Crippen LogP contribution < -0.4 is 10.2 Å². The summed E-state index contributed by atoms with van der Waals surface area (Å²) in [6.45, 7) is 6.00. The van der Waals surface area contributed by atoms with Crippen LogP contribution in [0.25, 0.3) is 5.69 Å². The van der Waals surface area contributed by atoms with Gasteiger partial charge in [0.2, 0.25) is 11.9 Å². The van der Waals surface area contributed by atoms with E-state index < -0.39 is 23.9 Å². The lowest BCUT2D eigenvalue weighted by Gasteiger charge is -2.22. The average molecular weight is 462 g/mol. The van der Waals surface area contributed by atoms with Crippen molar-refractivity contribution in [3.8, 4) is 5.69 Å². The molecule has 174 valence electrons. The van der Waals surface area contributed by atoms with Gasteiger partial charge >= 0.3 is 12.3 Å². The van der Waals surface area contributed by atoms with Crippen molar-refractivity contribution in [1.82, 2.24) is 29.9 Å². The van der Waals surface area contributed by atoms with E-state index in [9.17, 15) is 18.0 Å². The number of amides is 1. The Labute approximate surface area is 186 Å². The molecule has 1 fully saturated rings. The third kappa shape index (κ3) is 4.71. The topological polar surface area (TPSA) is 111 Å². The monoisotopic (exact) mass is 462 g/mol. The van der Waals surface area contributed by atoms with Crippen molar-refractivity contribution in [3.63, 3.8) is 0 Å². The number of carbonyl (C=O) groups is 1. The molecule has 0 radical (unpaired) electrons. The SMILES string of the molecule is CC(C)[C@H]1COC(=O)N1c1ncnc(N[C@@H](C)c2cn(-c3ccc(C(F)(F)F)cc3)nn2)n1. The van der Waals surface area contributed by atoms with Gasteiger partial charge in [-0.05, 0) is 37.1 Å². The number of cyclic esters (lactones) is 1. The van der Waals surface area contributed by atoms with Crippen LogP contribution in [0.3, 0.4) is 0 Å². The van der Waals surface area contributed by atoms with Gasteiger partial charge in [-0.25, -0.2) is 24.3 Å². The van der Waals surface area contributed by atoms with Crippen LogP contribution in [0.2, 0.25) is 0 Å². The summed E-state index contributed by atoms with van der Waals surface area (Å²) in [6.07, 6.45) is -2.04. The van der Waals surface area contributed by atoms with E-state index in [-0.39, 0.29) is 30.5 Å². The first-order valence-corrected chi connectivity index (χ1v) is 10.1. The van der Waals surface area contributed by atoms with Gasteiger partial charge in [-0.15, -0.1) is 5.10 Å². The Morgan fingerprint density at radius 2 is 1.88 bits per heavy atom. The number of benzene rings is 1. The predicted molar refractivity (Wildman–Crippen MR) is 111 cm³/mol. The zero-order valence-corrected chi connectivity index (χ0v) is 18.0. The van der Waals surface area contributed by atoms with Gasteiger partial charge in [0.15, 0.2) is 0 Å². The largest absolute Gasteiger partial charge is 0.447 e. The molecule has 33 heavy (non-hydrogen) atoms. The van der Waals surface area contributed by atoms with Gasteiger partial charge in [0.25, 0.3) is 0 Å². The molecule has 0 bridgehead atoms. The van der Waals surface area contributed by atoms with E-state index in [4.69, 9.17) is 4.74 Å². The zero-order valence-electron chi connectivity index (χ0n) is 18.0. The number of carbonyl (C=O) groups excluding carboxylic acids is 1. The van der Waals surface area contributed by atoms with Crippen molar-refractivity contribution in [2.75, 3.05) is 16.8 Å². The van der Waals surface area contributed by atoms with Crippen LogP contribution in [0.4, 0.5) is 29.9 Å². The van der Waals surface area contributed by atoms with Gasteiger partial charge < -0.3 is 10.1 Å². The van der Waals surface area contributed by atoms with Crippen LogP contribution >= 0.6 is 0 Å². The summed E-state index contributed by atoms with van der Waals surface area (Å²) in [6, 6.07) is 4.02. The van der Waals surface area contributed by atoms with E-state index in [1.807, 2.05) is 13.8 Å².